The number of hydrogen-bond donors (Lipinski definition) is 2. The van der Waals surface area contributed by atoms with Gasteiger partial charge in [-0.2, -0.15) is 0 Å². The molecule has 1 amide bonds. The summed E-state index contributed by atoms with van der Waals surface area (Å²) in [5.74, 6) is -1.34. The topological polar surface area (TPSA) is 75.6 Å². The first-order valence-electron chi connectivity index (χ1n) is 7.00. The molecule has 3 atom stereocenters. The number of amides is 1. The number of carbonyl (C=O) groups excluding carboxylic acids is 1. The standard InChI is InChI=1S/C15H17Cl2NO4/c1-8(7-9-10(16)3-2-4-11(9)17)18-14(19)12-5-6-13(22-12)15(20)21/h2-4,8,12-13H,5-7H2,1H3,(H,18,19)(H,20,21)/t8?,12-,13+/m0/s1. The van der Waals surface area contributed by atoms with Gasteiger partial charge in [-0.15, -0.1) is 0 Å². The second kappa shape index (κ2) is 7.31. The van der Waals surface area contributed by atoms with E-state index in [0.29, 0.717) is 29.3 Å². The van der Waals surface area contributed by atoms with E-state index in [0.717, 1.165) is 5.56 Å². The van der Waals surface area contributed by atoms with Gasteiger partial charge in [-0.1, -0.05) is 29.3 Å². The number of ether oxygens (including phenoxy) is 1. The zero-order valence-corrected chi connectivity index (χ0v) is 13.5. The Kier molecular flexibility index (Phi) is 5.67. The zero-order chi connectivity index (χ0) is 16.3. The molecule has 0 aromatic heterocycles. The number of nitrogens with one attached hydrogen (secondary N) is 1. The minimum absolute atomic E-state index is 0.197. The van der Waals surface area contributed by atoms with Crippen molar-refractivity contribution in [1.29, 1.82) is 0 Å². The molecular formula is C15H17Cl2NO4. The van der Waals surface area contributed by atoms with Gasteiger partial charge in [0.25, 0.3) is 0 Å². The summed E-state index contributed by atoms with van der Waals surface area (Å²) in [6, 6.07) is 5.05. The number of hydrogen-bond acceptors (Lipinski definition) is 3. The largest absolute Gasteiger partial charge is 0.479 e. The van der Waals surface area contributed by atoms with Crippen molar-refractivity contribution in [3.63, 3.8) is 0 Å². The first kappa shape index (κ1) is 17.1. The number of aliphatic carboxylic acids is 1. The van der Waals surface area contributed by atoms with Gasteiger partial charge < -0.3 is 15.2 Å². The normalized spacial score (nSPS) is 22.3. The number of rotatable bonds is 5. The van der Waals surface area contributed by atoms with Crippen LogP contribution < -0.4 is 5.32 Å². The van der Waals surface area contributed by atoms with Crippen LogP contribution in [0.25, 0.3) is 0 Å². The lowest BCUT2D eigenvalue weighted by Gasteiger charge is -2.18. The van der Waals surface area contributed by atoms with Crippen LogP contribution in [0.2, 0.25) is 10.0 Å². The number of carboxylic acids is 1. The fourth-order valence-corrected chi connectivity index (χ4v) is 2.98. The molecule has 0 spiro atoms. The van der Waals surface area contributed by atoms with Gasteiger partial charge in [-0.25, -0.2) is 4.79 Å². The van der Waals surface area contributed by atoms with Crippen LogP contribution >= 0.6 is 23.2 Å². The average molecular weight is 346 g/mol. The Morgan fingerprint density at radius 1 is 1.32 bits per heavy atom. The van der Waals surface area contributed by atoms with Crippen molar-refractivity contribution in [2.75, 3.05) is 0 Å². The molecule has 1 aromatic rings. The van der Waals surface area contributed by atoms with Gasteiger partial charge in [0.05, 0.1) is 0 Å². The number of carbonyl (C=O) groups is 2. The number of halogens is 2. The van der Waals surface area contributed by atoms with Crippen molar-refractivity contribution < 1.29 is 19.4 Å². The van der Waals surface area contributed by atoms with Gasteiger partial charge in [0.2, 0.25) is 5.91 Å². The maximum absolute atomic E-state index is 12.1. The van der Waals surface area contributed by atoms with Gasteiger partial charge in [-0.3, -0.25) is 4.79 Å². The molecule has 2 N–H and O–H groups in total. The molecule has 0 radical (unpaired) electrons. The molecule has 0 saturated carbocycles. The van der Waals surface area contributed by atoms with E-state index in [9.17, 15) is 9.59 Å². The Morgan fingerprint density at radius 3 is 2.45 bits per heavy atom. The monoisotopic (exact) mass is 345 g/mol. The molecule has 1 heterocycles. The van der Waals surface area contributed by atoms with Crippen LogP contribution in [0, 0.1) is 0 Å². The van der Waals surface area contributed by atoms with Crippen LogP contribution in [0.15, 0.2) is 18.2 Å². The van der Waals surface area contributed by atoms with Gasteiger partial charge in [0.1, 0.15) is 6.10 Å². The van der Waals surface area contributed by atoms with Crippen molar-refractivity contribution in [2.45, 2.75) is 44.4 Å². The quantitative estimate of drug-likeness (QED) is 0.860. The summed E-state index contributed by atoms with van der Waals surface area (Å²) in [5, 5.41) is 12.8. The van der Waals surface area contributed by atoms with Gasteiger partial charge in [0.15, 0.2) is 6.10 Å². The summed E-state index contributed by atoms with van der Waals surface area (Å²) in [5.41, 5.74) is 0.773. The highest BCUT2D eigenvalue weighted by molar-refractivity contribution is 6.36. The van der Waals surface area contributed by atoms with Crippen molar-refractivity contribution in [2.24, 2.45) is 0 Å². The van der Waals surface area contributed by atoms with Gasteiger partial charge in [0, 0.05) is 16.1 Å². The van der Waals surface area contributed by atoms with Crippen LogP contribution in [0.3, 0.4) is 0 Å². The predicted octanol–water partition coefficient (Wildman–Crippen LogP) is 2.67. The fraction of sp³-hybridized carbons (Fsp3) is 0.467. The Balaban J connectivity index is 1.91. The summed E-state index contributed by atoms with van der Waals surface area (Å²) in [6.45, 7) is 1.83. The molecule has 1 aliphatic heterocycles. The molecule has 120 valence electrons. The van der Waals surface area contributed by atoms with Gasteiger partial charge in [-0.05, 0) is 43.9 Å². The first-order valence-corrected chi connectivity index (χ1v) is 7.75. The second-order valence-corrected chi connectivity index (χ2v) is 6.16. The highest BCUT2D eigenvalue weighted by atomic mass is 35.5. The molecule has 22 heavy (non-hydrogen) atoms. The third-order valence-electron chi connectivity index (χ3n) is 3.55. The van der Waals surface area contributed by atoms with E-state index in [2.05, 4.69) is 5.32 Å². The van der Waals surface area contributed by atoms with Crippen LogP contribution in [0.5, 0.6) is 0 Å². The van der Waals surface area contributed by atoms with E-state index in [-0.39, 0.29) is 11.9 Å². The van der Waals surface area contributed by atoms with Crippen LogP contribution in [-0.2, 0) is 20.7 Å². The maximum Gasteiger partial charge on any atom is 0.332 e. The van der Waals surface area contributed by atoms with E-state index in [1.807, 2.05) is 6.92 Å². The third kappa shape index (κ3) is 4.12. The van der Waals surface area contributed by atoms with Crippen molar-refractivity contribution in [3.8, 4) is 0 Å². The molecule has 1 aromatic carbocycles. The van der Waals surface area contributed by atoms with Crippen molar-refractivity contribution >= 4 is 35.1 Å². The third-order valence-corrected chi connectivity index (χ3v) is 4.26. The molecule has 1 aliphatic rings. The lowest BCUT2D eigenvalue weighted by molar-refractivity contribution is -0.151. The molecule has 1 unspecified atom stereocenters. The molecule has 1 saturated heterocycles. The summed E-state index contributed by atoms with van der Waals surface area (Å²) in [6.07, 6.45) is -0.380. The van der Waals surface area contributed by atoms with E-state index >= 15 is 0 Å². The second-order valence-electron chi connectivity index (χ2n) is 5.34. The summed E-state index contributed by atoms with van der Waals surface area (Å²) in [4.78, 5) is 22.9. The van der Waals surface area contributed by atoms with E-state index in [4.69, 9.17) is 33.0 Å². The minimum Gasteiger partial charge on any atom is -0.479 e. The first-order chi connectivity index (χ1) is 10.4. The average Bonchev–Trinajstić information content (AvgIpc) is 2.93. The molecule has 5 nitrogen and oxygen atoms in total. The Labute approximate surface area is 138 Å². The Hall–Kier alpha value is -1.30. The van der Waals surface area contributed by atoms with Crippen LogP contribution in [-0.4, -0.2) is 35.2 Å². The van der Waals surface area contributed by atoms with Crippen LogP contribution in [0.4, 0.5) is 0 Å². The number of carboxylic acid groups (broad SMARTS) is 1. The van der Waals surface area contributed by atoms with Crippen molar-refractivity contribution in [3.05, 3.63) is 33.8 Å². The maximum atomic E-state index is 12.1. The van der Waals surface area contributed by atoms with Crippen LogP contribution in [0.1, 0.15) is 25.3 Å². The van der Waals surface area contributed by atoms with Gasteiger partial charge >= 0.3 is 5.97 Å². The smallest absolute Gasteiger partial charge is 0.332 e. The SMILES string of the molecule is CC(Cc1c(Cl)cccc1Cl)NC(=O)[C@@H]1CC[C@H](C(=O)O)O1. The summed E-state index contributed by atoms with van der Waals surface area (Å²) in [7, 11) is 0. The molecule has 2 rings (SSSR count). The highest BCUT2D eigenvalue weighted by Crippen LogP contribution is 2.26. The molecule has 0 aliphatic carbocycles. The van der Waals surface area contributed by atoms with E-state index in [1.54, 1.807) is 18.2 Å². The highest BCUT2D eigenvalue weighted by Gasteiger charge is 2.35. The summed E-state index contributed by atoms with van der Waals surface area (Å²) >= 11 is 12.2. The lowest BCUT2D eigenvalue weighted by atomic mass is 10.1. The molecule has 7 heteroatoms. The van der Waals surface area contributed by atoms with E-state index in [1.165, 1.54) is 0 Å². The number of benzene rings is 1. The minimum atomic E-state index is -1.04. The lowest BCUT2D eigenvalue weighted by Crippen LogP contribution is -2.41. The Bertz CT molecular complexity index is 558. The fourth-order valence-electron chi connectivity index (χ4n) is 2.43. The molecule has 0 bridgehead atoms. The molecular weight excluding hydrogens is 329 g/mol. The van der Waals surface area contributed by atoms with Crippen molar-refractivity contribution in [1.82, 2.24) is 5.32 Å². The summed E-state index contributed by atoms with van der Waals surface area (Å²) < 4.78 is 5.22. The predicted molar refractivity (Wildman–Crippen MR) is 83.3 cm³/mol. The zero-order valence-electron chi connectivity index (χ0n) is 12.0. The molecule has 1 fully saturated rings. The Morgan fingerprint density at radius 2 is 1.91 bits per heavy atom. The van der Waals surface area contributed by atoms with E-state index < -0.39 is 18.2 Å².